The molecule has 2 aromatic carbocycles. The van der Waals surface area contributed by atoms with E-state index in [1.54, 1.807) is 0 Å². The molecule has 11 nitrogen and oxygen atoms in total. The molecule has 0 radical (unpaired) electrons. The molecular formula is C21H23N3O8S. The number of hydrogen-bond acceptors (Lipinski definition) is 8. The highest BCUT2D eigenvalue weighted by Crippen LogP contribution is 2.30. The number of esters is 1. The minimum Gasteiger partial charge on any atom is -0.495 e. The van der Waals surface area contributed by atoms with Gasteiger partial charge >= 0.3 is 5.97 Å². The van der Waals surface area contributed by atoms with Crippen LogP contribution in [-0.4, -0.2) is 56.3 Å². The summed E-state index contributed by atoms with van der Waals surface area (Å²) in [6.07, 6.45) is 1.50. The molecule has 1 saturated heterocycles. The van der Waals surface area contributed by atoms with Gasteiger partial charge < -0.3 is 14.8 Å². The highest BCUT2D eigenvalue weighted by molar-refractivity contribution is 7.89. The van der Waals surface area contributed by atoms with Crippen molar-refractivity contribution < 1.29 is 32.4 Å². The van der Waals surface area contributed by atoms with Crippen molar-refractivity contribution in [3.63, 3.8) is 0 Å². The van der Waals surface area contributed by atoms with Crippen LogP contribution in [0.3, 0.4) is 0 Å². The number of sulfonamides is 1. The van der Waals surface area contributed by atoms with Crippen LogP contribution in [0.5, 0.6) is 5.75 Å². The van der Waals surface area contributed by atoms with E-state index < -0.39 is 33.4 Å². The lowest BCUT2D eigenvalue weighted by atomic mass is 10.1. The average Bonchev–Trinajstić information content (AvgIpc) is 3.34. The molecule has 1 amide bonds. The number of hydrogen-bond donors (Lipinski definition) is 1. The number of carbonyl (C=O) groups excluding carboxylic acids is 2. The van der Waals surface area contributed by atoms with Crippen LogP contribution in [-0.2, 0) is 19.6 Å². The summed E-state index contributed by atoms with van der Waals surface area (Å²) in [7, 11) is -2.53. The first kappa shape index (κ1) is 24.1. The van der Waals surface area contributed by atoms with E-state index in [9.17, 15) is 28.1 Å². The molecule has 3 rings (SSSR count). The Bertz CT molecular complexity index is 1190. The lowest BCUT2D eigenvalue weighted by Gasteiger charge is -2.18. The largest absolute Gasteiger partial charge is 0.495 e. The second-order valence-corrected chi connectivity index (χ2v) is 9.21. The summed E-state index contributed by atoms with van der Waals surface area (Å²) in [6, 6.07) is 8.08. The number of ether oxygens (including phenoxy) is 2. The molecule has 0 aromatic heterocycles. The zero-order chi connectivity index (χ0) is 24.2. The fraction of sp³-hybridized carbons (Fsp3) is 0.333. The molecule has 0 saturated carbocycles. The maximum atomic E-state index is 12.9. The number of benzene rings is 2. The van der Waals surface area contributed by atoms with Crippen molar-refractivity contribution >= 4 is 33.3 Å². The standard InChI is InChI=1S/C21H23N3O8S/c1-14-16(6-5-7-17(14)24(27)28)22-20(25)13-32-21(26)15-8-9-18(31-2)19(12-15)33(29,30)23-10-3-4-11-23/h5-9,12H,3-4,10-11,13H2,1-2H3,(H,22,25). The Morgan fingerprint density at radius 3 is 2.52 bits per heavy atom. The first-order valence-corrected chi connectivity index (χ1v) is 11.5. The Kier molecular flexibility index (Phi) is 7.29. The molecule has 1 N–H and O–H groups in total. The van der Waals surface area contributed by atoms with Crippen LogP contribution in [0.15, 0.2) is 41.3 Å². The summed E-state index contributed by atoms with van der Waals surface area (Å²) < 4.78 is 37.4. The minimum absolute atomic E-state index is 0.0621. The van der Waals surface area contributed by atoms with E-state index in [0.717, 1.165) is 18.9 Å². The van der Waals surface area contributed by atoms with Crippen LogP contribution in [0.4, 0.5) is 11.4 Å². The van der Waals surface area contributed by atoms with Crippen molar-refractivity contribution in [3.05, 3.63) is 57.6 Å². The highest BCUT2D eigenvalue weighted by atomic mass is 32.2. The van der Waals surface area contributed by atoms with Crippen molar-refractivity contribution in [3.8, 4) is 5.75 Å². The molecule has 33 heavy (non-hydrogen) atoms. The van der Waals surface area contributed by atoms with Crippen LogP contribution in [0.1, 0.15) is 28.8 Å². The topological polar surface area (TPSA) is 145 Å². The number of nitro benzene ring substituents is 1. The van der Waals surface area contributed by atoms with E-state index in [-0.39, 0.29) is 33.1 Å². The lowest BCUT2D eigenvalue weighted by molar-refractivity contribution is -0.385. The summed E-state index contributed by atoms with van der Waals surface area (Å²) in [5, 5.41) is 13.5. The summed E-state index contributed by atoms with van der Waals surface area (Å²) in [4.78, 5) is 35.0. The van der Waals surface area contributed by atoms with Crippen LogP contribution in [0.2, 0.25) is 0 Å². The first-order chi connectivity index (χ1) is 15.6. The van der Waals surface area contributed by atoms with Gasteiger partial charge in [-0.3, -0.25) is 14.9 Å². The minimum atomic E-state index is -3.86. The molecule has 0 aliphatic carbocycles. The molecule has 0 spiro atoms. The van der Waals surface area contributed by atoms with Gasteiger partial charge in [0, 0.05) is 19.2 Å². The fourth-order valence-corrected chi connectivity index (χ4v) is 5.13. The number of nitro groups is 1. The molecular weight excluding hydrogens is 454 g/mol. The van der Waals surface area contributed by atoms with Crippen molar-refractivity contribution in [2.45, 2.75) is 24.7 Å². The third-order valence-electron chi connectivity index (χ3n) is 5.19. The number of nitrogens with zero attached hydrogens (tertiary/aromatic N) is 2. The van der Waals surface area contributed by atoms with Crippen LogP contribution in [0, 0.1) is 17.0 Å². The van der Waals surface area contributed by atoms with Gasteiger partial charge in [0.05, 0.1) is 28.8 Å². The highest BCUT2D eigenvalue weighted by Gasteiger charge is 2.31. The van der Waals surface area contributed by atoms with Crippen LogP contribution >= 0.6 is 0 Å². The number of anilines is 1. The van der Waals surface area contributed by atoms with Crippen LogP contribution in [0.25, 0.3) is 0 Å². The molecule has 2 aromatic rings. The second-order valence-electron chi connectivity index (χ2n) is 7.31. The quantitative estimate of drug-likeness (QED) is 0.347. The summed E-state index contributed by atoms with van der Waals surface area (Å²) in [6.45, 7) is 1.59. The van der Waals surface area contributed by atoms with E-state index in [4.69, 9.17) is 9.47 Å². The van der Waals surface area contributed by atoms with Gasteiger partial charge in [-0.1, -0.05) is 6.07 Å². The Morgan fingerprint density at radius 1 is 1.18 bits per heavy atom. The third kappa shape index (κ3) is 5.29. The lowest BCUT2D eigenvalue weighted by Crippen LogP contribution is -2.28. The molecule has 1 aliphatic rings. The van der Waals surface area contributed by atoms with E-state index in [1.807, 2.05) is 0 Å². The summed E-state index contributed by atoms with van der Waals surface area (Å²) in [5.41, 5.74) is 0.255. The Hall–Kier alpha value is -3.51. The fourth-order valence-electron chi connectivity index (χ4n) is 3.43. The number of rotatable bonds is 8. The second kappa shape index (κ2) is 9.96. The zero-order valence-corrected chi connectivity index (χ0v) is 18.9. The molecule has 1 fully saturated rings. The number of nitrogens with one attached hydrogen (secondary N) is 1. The van der Waals surface area contributed by atoms with Gasteiger partial charge in [-0.15, -0.1) is 0 Å². The molecule has 176 valence electrons. The van der Waals surface area contributed by atoms with Crippen LogP contribution < -0.4 is 10.1 Å². The number of carbonyl (C=O) groups is 2. The predicted molar refractivity (Wildman–Crippen MR) is 118 cm³/mol. The van der Waals surface area contributed by atoms with Crippen molar-refractivity contribution in [1.29, 1.82) is 0 Å². The van der Waals surface area contributed by atoms with Gasteiger partial charge in [0.25, 0.3) is 11.6 Å². The molecule has 0 atom stereocenters. The summed E-state index contributed by atoms with van der Waals surface area (Å²) >= 11 is 0. The van der Waals surface area contributed by atoms with Gasteiger partial charge in [-0.05, 0) is 44.0 Å². The van der Waals surface area contributed by atoms with E-state index in [2.05, 4.69) is 5.32 Å². The average molecular weight is 477 g/mol. The Morgan fingerprint density at radius 2 is 1.88 bits per heavy atom. The van der Waals surface area contributed by atoms with E-state index in [1.165, 1.54) is 48.7 Å². The predicted octanol–water partition coefficient (Wildman–Crippen LogP) is 2.49. The number of amides is 1. The Labute approximate surface area is 190 Å². The van der Waals surface area contributed by atoms with Crippen molar-refractivity contribution in [2.24, 2.45) is 0 Å². The molecule has 12 heteroatoms. The summed E-state index contributed by atoms with van der Waals surface area (Å²) in [5.74, 6) is -1.51. The zero-order valence-electron chi connectivity index (χ0n) is 18.1. The van der Waals surface area contributed by atoms with Gasteiger partial charge in [-0.2, -0.15) is 4.31 Å². The maximum Gasteiger partial charge on any atom is 0.338 e. The van der Waals surface area contributed by atoms with E-state index >= 15 is 0 Å². The SMILES string of the molecule is COc1ccc(C(=O)OCC(=O)Nc2cccc([N+](=O)[O-])c2C)cc1S(=O)(=O)N1CCCC1. The smallest absolute Gasteiger partial charge is 0.338 e. The molecule has 1 heterocycles. The maximum absolute atomic E-state index is 12.9. The molecule has 1 aliphatic heterocycles. The van der Waals surface area contributed by atoms with Crippen molar-refractivity contribution in [1.82, 2.24) is 4.31 Å². The molecule has 0 bridgehead atoms. The van der Waals surface area contributed by atoms with Gasteiger partial charge in [0.15, 0.2) is 6.61 Å². The monoisotopic (exact) mass is 477 g/mol. The normalized spacial score (nSPS) is 14.0. The van der Waals surface area contributed by atoms with E-state index in [0.29, 0.717) is 13.1 Å². The number of methoxy groups -OCH3 is 1. The van der Waals surface area contributed by atoms with Gasteiger partial charge in [0.1, 0.15) is 10.6 Å². The Balaban J connectivity index is 1.71. The van der Waals surface area contributed by atoms with Gasteiger partial charge in [-0.25, -0.2) is 13.2 Å². The van der Waals surface area contributed by atoms with Crippen molar-refractivity contribution in [2.75, 3.05) is 32.1 Å². The van der Waals surface area contributed by atoms with Gasteiger partial charge in [0.2, 0.25) is 10.0 Å². The third-order valence-corrected chi connectivity index (χ3v) is 7.11. The first-order valence-electron chi connectivity index (χ1n) is 10.0. The molecule has 0 unspecified atom stereocenters.